The van der Waals surface area contributed by atoms with Gasteiger partial charge >= 0.3 is 5.97 Å². The molecular weight excluding hydrogens is 274 g/mol. The predicted octanol–water partition coefficient (Wildman–Crippen LogP) is 1.10. The van der Waals surface area contributed by atoms with Crippen LogP contribution in [0.25, 0.3) is 0 Å². The van der Waals surface area contributed by atoms with Crippen LogP contribution in [0, 0.1) is 5.41 Å². The molecule has 6 nitrogen and oxygen atoms in total. The Morgan fingerprint density at radius 1 is 1.48 bits per heavy atom. The van der Waals surface area contributed by atoms with E-state index in [0.29, 0.717) is 18.0 Å². The maximum absolute atomic E-state index is 11.8. The molecule has 1 aromatic rings. The van der Waals surface area contributed by atoms with Crippen molar-refractivity contribution in [3.8, 4) is 11.5 Å². The molecule has 112 valence electrons. The SMILES string of the molecule is COc1cccc2c1OC[C@]1(C(=O)O)CN(C(C)=O)C[C@H]21. The van der Waals surface area contributed by atoms with E-state index < -0.39 is 11.4 Å². The number of hydrogen-bond acceptors (Lipinski definition) is 4. The fourth-order valence-electron chi connectivity index (χ4n) is 3.29. The molecule has 0 aliphatic carbocycles. The third-order valence-electron chi connectivity index (χ3n) is 4.49. The molecule has 2 aliphatic heterocycles. The minimum atomic E-state index is -1.08. The first-order valence-electron chi connectivity index (χ1n) is 6.78. The Labute approximate surface area is 122 Å². The Kier molecular flexibility index (Phi) is 3.04. The second-order valence-electron chi connectivity index (χ2n) is 5.58. The lowest BCUT2D eigenvalue weighted by atomic mass is 9.73. The summed E-state index contributed by atoms with van der Waals surface area (Å²) >= 11 is 0. The van der Waals surface area contributed by atoms with E-state index >= 15 is 0 Å². The molecule has 2 heterocycles. The highest BCUT2D eigenvalue weighted by atomic mass is 16.5. The lowest BCUT2D eigenvalue weighted by molar-refractivity contribution is -0.152. The molecular formula is C15H17NO5. The highest BCUT2D eigenvalue weighted by Crippen LogP contribution is 2.52. The number of amides is 1. The number of ether oxygens (including phenoxy) is 2. The van der Waals surface area contributed by atoms with Crippen molar-refractivity contribution in [1.29, 1.82) is 0 Å². The van der Waals surface area contributed by atoms with Gasteiger partial charge in [-0.25, -0.2) is 0 Å². The van der Waals surface area contributed by atoms with E-state index in [0.717, 1.165) is 5.56 Å². The first kappa shape index (κ1) is 13.7. The van der Waals surface area contributed by atoms with Gasteiger partial charge in [0.1, 0.15) is 12.0 Å². The quantitative estimate of drug-likeness (QED) is 0.883. The minimum absolute atomic E-state index is 0.0458. The average molecular weight is 291 g/mol. The van der Waals surface area contributed by atoms with E-state index in [1.807, 2.05) is 12.1 Å². The third-order valence-corrected chi connectivity index (χ3v) is 4.49. The van der Waals surface area contributed by atoms with Crippen LogP contribution in [0.4, 0.5) is 0 Å². The number of likely N-dealkylation sites (tertiary alicyclic amines) is 1. The molecule has 0 radical (unpaired) electrons. The summed E-state index contributed by atoms with van der Waals surface area (Å²) in [6.45, 7) is 2.08. The average Bonchev–Trinajstić information content (AvgIpc) is 2.88. The number of fused-ring (bicyclic) bond motifs is 3. The number of carboxylic acid groups (broad SMARTS) is 1. The molecule has 2 aliphatic rings. The van der Waals surface area contributed by atoms with Crippen LogP contribution in [0.15, 0.2) is 18.2 Å². The van der Waals surface area contributed by atoms with Gasteiger partial charge in [-0.2, -0.15) is 0 Å². The van der Waals surface area contributed by atoms with Crippen LogP contribution in [-0.4, -0.2) is 48.7 Å². The molecule has 6 heteroatoms. The molecule has 21 heavy (non-hydrogen) atoms. The summed E-state index contributed by atoms with van der Waals surface area (Å²) in [5.41, 5.74) is -0.280. The number of para-hydroxylation sites is 1. The Morgan fingerprint density at radius 2 is 2.24 bits per heavy atom. The van der Waals surface area contributed by atoms with E-state index in [1.165, 1.54) is 6.92 Å². The van der Waals surface area contributed by atoms with Crippen molar-refractivity contribution in [3.05, 3.63) is 23.8 Å². The number of carbonyl (C=O) groups excluding carboxylic acids is 1. The van der Waals surface area contributed by atoms with Gasteiger partial charge in [-0.1, -0.05) is 12.1 Å². The summed E-state index contributed by atoms with van der Waals surface area (Å²) in [4.78, 5) is 25.1. The number of benzene rings is 1. The number of carbonyl (C=O) groups is 2. The maximum atomic E-state index is 11.8. The van der Waals surface area contributed by atoms with Gasteiger partial charge < -0.3 is 19.5 Å². The van der Waals surface area contributed by atoms with Crippen molar-refractivity contribution in [2.24, 2.45) is 5.41 Å². The lowest BCUT2D eigenvalue weighted by Gasteiger charge is -2.36. The Bertz CT molecular complexity index is 614. The molecule has 0 aromatic heterocycles. The van der Waals surface area contributed by atoms with Gasteiger partial charge in [0.15, 0.2) is 11.5 Å². The fraction of sp³-hybridized carbons (Fsp3) is 0.467. The van der Waals surface area contributed by atoms with E-state index in [1.54, 1.807) is 18.1 Å². The molecule has 0 saturated carbocycles. The van der Waals surface area contributed by atoms with Crippen LogP contribution in [0.2, 0.25) is 0 Å². The van der Waals surface area contributed by atoms with Gasteiger partial charge in [0.25, 0.3) is 0 Å². The van der Waals surface area contributed by atoms with Crippen molar-refractivity contribution < 1.29 is 24.2 Å². The van der Waals surface area contributed by atoms with Crippen LogP contribution in [0.1, 0.15) is 18.4 Å². The number of nitrogens with zero attached hydrogens (tertiary/aromatic N) is 1. The first-order chi connectivity index (χ1) is 9.99. The summed E-state index contributed by atoms with van der Waals surface area (Å²) in [7, 11) is 1.55. The Balaban J connectivity index is 2.10. The van der Waals surface area contributed by atoms with Gasteiger partial charge in [-0.05, 0) is 6.07 Å². The molecule has 1 N–H and O–H groups in total. The topological polar surface area (TPSA) is 76.1 Å². The van der Waals surface area contributed by atoms with Gasteiger partial charge in [-0.3, -0.25) is 9.59 Å². The molecule has 0 spiro atoms. The van der Waals surface area contributed by atoms with Crippen molar-refractivity contribution in [3.63, 3.8) is 0 Å². The molecule has 0 bridgehead atoms. The molecule has 1 saturated heterocycles. The van der Waals surface area contributed by atoms with Gasteiger partial charge in [-0.15, -0.1) is 0 Å². The molecule has 2 atom stereocenters. The number of methoxy groups -OCH3 is 1. The smallest absolute Gasteiger partial charge is 0.315 e. The minimum Gasteiger partial charge on any atom is -0.493 e. The largest absolute Gasteiger partial charge is 0.493 e. The number of aliphatic carboxylic acids is 1. The zero-order valence-corrected chi connectivity index (χ0v) is 12.0. The maximum Gasteiger partial charge on any atom is 0.315 e. The standard InChI is InChI=1S/C15H17NO5/c1-9(17)16-6-11-10-4-3-5-12(20-2)13(10)21-8-15(11,7-16)14(18)19/h3-5,11H,6-8H2,1-2H3,(H,18,19)/t11-,15-/m1/s1. The van der Waals surface area contributed by atoms with Crippen LogP contribution in [0.3, 0.4) is 0 Å². The van der Waals surface area contributed by atoms with Crippen molar-refractivity contribution >= 4 is 11.9 Å². The van der Waals surface area contributed by atoms with Gasteiger partial charge in [0, 0.05) is 31.5 Å². The Morgan fingerprint density at radius 3 is 2.86 bits per heavy atom. The monoisotopic (exact) mass is 291 g/mol. The second kappa shape index (κ2) is 4.65. The number of rotatable bonds is 2. The second-order valence-corrected chi connectivity index (χ2v) is 5.58. The summed E-state index contributed by atoms with van der Waals surface area (Å²) < 4.78 is 11.0. The molecule has 1 amide bonds. The summed E-state index contributed by atoms with van der Waals surface area (Å²) in [5.74, 6) is -0.142. The summed E-state index contributed by atoms with van der Waals surface area (Å²) in [5, 5.41) is 9.70. The summed E-state index contributed by atoms with van der Waals surface area (Å²) in [6, 6.07) is 5.45. The predicted molar refractivity (Wildman–Crippen MR) is 73.6 cm³/mol. The highest BCUT2D eigenvalue weighted by molar-refractivity contribution is 5.82. The fourth-order valence-corrected chi connectivity index (χ4v) is 3.29. The number of carboxylic acids is 1. The third kappa shape index (κ3) is 1.86. The van der Waals surface area contributed by atoms with Crippen molar-refractivity contribution in [2.45, 2.75) is 12.8 Å². The molecule has 3 rings (SSSR count). The lowest BCUT2D eigenvalue weighted by Crippen LogP contribution is -2.46. The van der Waals surface area contributed by atoms with Crippen LogP contribution in [0.5, 0.6) is 11.5 Å². The zero-order chi connectivity index (χ0) is 15.2. The van der Waals surface area contributed by atoms with Crippen LogP contribution < -0.4 is 9.47 Å². The Hall–Kier alpha value is -2.24. The van der Waals surface area contributed by atoms with Crippen LogP contribution in [-0.2, 0) is 9.59 Å². The first-order valence-corrected chi connectivity index (χ1v) is 6.78. The van der Waals surface area contributed by atoms with Gasteiger partial charge in [0.2, 0.25) is 5.91 Å². The molecule has 1 aromatic carbocycles. The van der Waals surface area contributed by atoms with Crippen molar-refractivity contribution in [2.75, 3.05) is 26.8 Å². The summed E-state index contributed by atoms with van der Waals surface area (Å²) in [6.07, 6.45) is 0. The van der Waals surface area contributed by atoms with Crippen molar-refractivity contribution in [1.82, 2.24) is 4.90 Å². The van der Waals surface area contributed by atoms with E-state index in [2.05, 4.69) is 0 Å². The van der Waals surface area contributed by atoms with E-state index in [4.69, 9.17) is 9.47 Å². The number of hydrogen-bond donors (Lipinski definition) is 1. The van der Waals surface area contributed by atoms with Crippen LogP contribution >= 0.6 is 0 Å². The molecule has 0 unspecified atom stereocenters. The van der Waals surface area contributed by atoms with E-state index in [9.17, 15) is 14.7 Å². The normalized spacial score (nSPS) is 26.6. The zero-order valence-electron chi connectivity index (χ0n) is 12.0. The molecule has 1 fully saturated rings. The highest BCUT2D eigenvalue weighted by Gasteiger charge is 2.57. The van der Waals surface area contributed by atoms with E-state index in [-0.39, 0.29) is 25.0 Å². The van der Waals surface area contributed by atoms with Gasteiger partial charge in [0.05, 0.1) is 7.11 Å².